The summed E-state index contributed by atoms with van der Waals surface area (Å²) in [6.07, 6.45) is 0. The fraction of sp³-hybridized carbons (Fsp3) is 0.0959. The van der Waals surface area contributed by atoms with Crippen LogP contribution in [0.1, 0.15) is 72.2 Å². The van der Waals surface area contributed by atoms with Crippen LogP contribution in [-0.2, 0) is 16.2 Å². The van der Waals surface area contributed by atoms with E-state index in [1.807, 2.05) is 0 Å². The van der Waals surface area contributed by atoms with Gasteiger partial charge in [0.05, 0.1) is 11.1 Å². The second-order valence-electron chi connectivity index (χ2n) is 22.3. The van der Waals surface area contributed by atoms with Gasteiger partial charge in [-0.1, -0.05) is 216 Å². The predicted molar refractivity (Wildman–Crippen MR) is 311 cm³/mol. The van der Waals surface area contributed by atoms with Gasteiger partial charge in [0.25, 0.3) is 0 Å². The third-order valence-electron chi connectivity index (χ3n) is 18.1. The van der Waals surface area contributed by atoms with Crippen molar-refractivity contribution in [1.82, 2.24) is 0 Å². The predicted octanol–water partition coefficient (Wildman–Crippen LogP) is 19.2. The molecule has 0 bridgehead atoms. The van der Waals surface area contributed by atoms with Crippen molar-refractivity contribution in [2.75, 3.05) is 4.90 Å². The summed E-state index contributed by atoms with van der Waals surface area (Å²) in [6.45, 7) is 9.55. The Kier molecular flexibility index (Phi) is 8.29. The number of anilines is 3. The second kappa shape index (κ2) is 14.7. The summed E-state index contributed by atoms with van der Waals surface area (Å²) in [4.78, 5) is 2.57. The first-order chi connectivity index (χ1) is 36.2. The van der Waals surface area contributed by atoms with Gasteiger partial charge in [-0.2, -0.15) is 0 Å². The first-order valence-electron chi connectivity index (χ1n) is 26.3. The molecule has 0 saturated heterocycles. The number of hydrogen-bond donors (Lipinski definition) is 0. The quantitative estimate of drug-likeness (QED) is 0.159. The van der Waals surface area contributed by atoms with Gasteiger partial charge in [-0.25, -0.2) is 0 Å². The summed E-state index contributed by atoms with van der Waals surface area (Å²) < 4.78 is 0. The molecule has 4 aliphatic rings. The maximum atomic E-state index is 2.57. The van der Waals surface area contributed by atoms with Crippen LogP contribution < -0.4 is 4.90 Å². The zero-order chi connectivity index (χ0) is 49.2. The highest BCUT2D eigenvalue weighted by Crippen LogP contribution is 2.66. The summed E-state index contributed by atoms with van der Waals surface area (Å²) in [5, 5.41) is 7.80. The highest BCUT2D eigenvalue weighted by molar-refractivity contribution is 6.26. The van der Waals surface area contributed by atoms with E-state index in [0.717, 1.165) is 11.4 Å². The minimum absolute atomic E-state index is 0.0783. The van der Waals surface area contributed by atoms with E-state index in [1.165, 1.54) is 138 Å². The van der Waals surface area contributed by atoms with Crippen LogP contribution in [0, 0.1) is 0 Å². The Labute approximate surface area is 432 Å². The topological polar surface area (TPSA) is 3.24 Å². The zero-order valence-electron chi connectivity index (χ0n) is 42.0. The van der Waals surface area contributed by atoms with Crippen molar-refractivity contribution < 1.29 is 0 Å². The highest BCUT2D eigenvalue weighted by Gasteiger charge is 2.53. The van der Waals surface area contributed by atoms with Crippen LogP contribution >= 0.6 is 0 Å². The first-order valence-corrected chi connectivity index (χ1v) is 26.3. The van der Waals surface area contributed by atoms with Gasteiger partial charge in [0.2, 0.25) is 0 Å². The van der Waals surface area contributed by atoms with E-state index in [9.17, 15) is 0 Å². The lowest BCUT2D eigenvalue weighted by Crippen LogP contribution is -2.28. The van der Waals surface area contributed by atoms with Crippen LogP contribution in [0.15, 0.2) is 237 Å². The fourth-order valence-corrected chi connectivity index (χ4v) is 14.7. The maximum Gasteiger partial charge on any atom is 0.0746 e. The summed E-state index contributed by atoms with van der Waals surface area (Å²) >= 11 is 0. The molecule has 4 aliphatic carbocycles. The molecular formula is C73H51N. The van der Waals surface area contributed by atoms with E-state index in [1.54, 1.807) is 0 Å². The van der Waals surface area contributed by atoms with Crippen LogP contribution in [0.3, 0.4) is 0 Å². The van der Waals surface area contributed by atoms with E-state index in [4.69, 9.17) is 0 Å². The van der Waals surface area contributed by atoms with Crippen molar-refractivity contribution in [1.29, 1.82) is 0 Å². The van der Waals surface area contributed by atoms with E-state index in [-0.39, 0.29) is 10.8 Å². The minimum Gasteiger partial charge on any atom is -0.310 e. The minimum atomic E-state index is -0.516. The average Bonchev–Trinajstić information content (AvgIpc) is 4.22. The maximum absolute atomic E-state index is 2.57. The smallest absolute Gasteiger partial charge is 0.0746 e. The molecule has 12 aromatic carbocycles. The molecule has 16 rings (SSSR count). The zero-order valence-corrected chi connectivity index (χ0v) is 42.0. The Morgan fingerprint density at radius 3 is 1.28 bits per heavy atom. The Bertz CT molecular complexity index is 4370. The number of fused-ring (bicyclic) bond motifs is 22. The molecule has 0 aromatic heterocycles. The molecule has 0 saturated carbocycles. The lowest BCUT2D eigenvalue weighted by molar-refractivity contribution is 0.660. The normalized spacial score (nSPS) is 15.1. The van der Waals surface area contributed by atoms with Gasteiger partial charge in [0, 0.05) is 27.8 Å². The molecule has 0 amide bonds. The number of benzene rings is 12. The molecule has 1 heteroatoms. The van der Waals surface area contributed by atoms with Gasteiger partial charge >= 0.3 is 0 Å². The van der Waals surface area contributed by atoms with Gasteiger partial charge < -0.3 is 4.90 Å². The molecule has 1 spiro atoms. The van der Waals surface area contributed by atoms with Crippen molar-refractivity contribution >= 4 is 49.4 Å². The van der Waals surface area contributed by atoms with E-state index in [2.05, 4.69) is 269 Å². The van der Waals surface area contributed by atoms with Crippen molar-refractivity contribution in [2.24, 2.45) is 0 Å². The molecule has 0 fully saturated rings. The molecule has 348 valence electrons. The van der Waals surface area contributed by atoms with E-state index >= 15 is 0 Å². The molecule has 0 atom stereocenters. The standard InChI is InChI=1S/C73H51N/c1-71(2)62-26-12-7-20-51(62)56-39-37-47(41-67(56)71)74(69-31-17-25-57-54-23-11-16-30-66(54)73(70(57)69)64-28-14-9-21-52(64)53-22-10-15-29-65(53)73)46-35-32-44(33-36-46)45-34-38-50-58(40-45)48-18-5-6-19-49(48)59-42-61-55-24-8-13-27-63(55)72(3,4)68(61)43-60(50)59/h5-43H,1-4H3. The third kappa shape index (κ3) is 5.28. The van der Waals surface area contributed by atoms with E-state index in [0.29, 0.717) is 0 Å². The van der Waals surface area contributed by atoms with Gasteiger partial charge in [0.1, 0.15) is 0 Å². The number of rotatable bonds is 4. The molecule has 74 heavy (non-hydrogen) atoms. The largest absolute Gasteiger partial charge is 0.310 e. The Balaban J connectivity index is 0.898. The van der Waals surface area contributed by atoms with Crippen LogP contribution in [0.5, 0.6) is 0 Å². The van der Waals surface area contributed by atoms with E-state index < -0.39 is 5.41 Å². The lowest BCUT2D eigenvalue weighted by Gasteiger charge is -2.36. The van der Waals surface area contributed by atoms with Crippen molar-refractivity contribution in [3.05, 3.63) is 281 Å². The highest BCUT2D eigenvalue weighted by atomic mass is 15.1. The van der Waals surface area contributed by atoms with Gasteiger partial charge in [0.15, 0.2) is 0 Å². The molecule has 0 aliphatic heterocycles. The fourth-order valence-electron chi connectivity index (χ4n) is 14.7. The number of nitrogens with zero attached hydrogens (tertiary/aromatic N) is 1. The molecule has 0 unspecified atom stereocenters. The summed E-state index contributed by atoms with van der Waals surface area (Å²) in [5.41, 5.74) is 26.6. The molecular weight excluding hydrogens is 891 g/mol. The Morgan fingerprint density at radius 1 is 0.257 bits per heavy atom. The molecule has 1 nitrogen and oxygen atoms in total. The Hall–Kier alpha value is -8.78. The SMILES string of the molecule is CC1(C)c2ccccc2-c2ccc(N(c3ccc(-c4ccc5c(c4)c4ccccc4c4cc6c(cc54)C(C)(C)c4ccccc4-6)cc3)c3cccc4c3C3(c5ccccc5-c5ccccc53)c3ccccc3-4)cc21. The van der Waals surface area contributed by atoms with Crippen LogP contribution in [-0.4, -0.2) is 0 Å². The Morgan fingerprint density at radius 2 is 0.676 bits per heavy atom. The third-order valence-corrected chi connectivity index (χ3v) is 18.1. The number of hydrogen-bond acceptors (Lipinski definition) is 1. The second-order valence-corrected chi connectivity index (χ2v) is 22.3. The van der Waals surface area contributed by atoms with Crippen molar-refractivity contribution in [3.63, 3.8) is 0 Å². The van der Waals surface area contributed by atoms with Crippen LogP contribution in [0.25, 0.3) is 88.0 Å². The van der Waals surface area contributed by atoms with Crippen LogP contribution in [0.4, 0.5) is 17.1 Å². The summed E-state index contributed by atoms with van der Waals surface area (Å²) in [5.74, 6) is 0. The van der Waals surface area contributed by atoms with Gasteiger partial charge in [-0.15, -0.1) is 0 Å². The molecule has 0 radical (unpaired) electrons. The molecule has 0 N–H and O–H groups in total. The molecule has 0 heterocycles. The first kappa shape index (κ1) is 41.8. The lowest BCUT2D eigenvalue weighted by atomic mass is 9.70. The van der Waals surface area contributed by atoms with Gasteiger partial charge in [-0.3, -0.25) is 0 Å². The summed E-state index contributed by atoms with van der Waals surface area (Å²) in [7, 11) is 0. The van der Waals surface area contributed by atoms with Crippen molar-refractivity contribution in [3.8, 4) is 55.6 Å². The summed E-state index contributed by atoms with van der Waals surface area (Å²) in [6, 6.07) is 90.3. The van der Waals surface area contributed by atoms with Gasteiger partial charge in [-0.05, 0) is 175 Å². The van der Waals surface area contributed by atoms with Crippen LogP contribution in [0.2, 0.25) is 0 Å². The molecule has 12 aromatic rings. The monoisotopic (exact) mass is 941 g/mol. The van der Waals surface area contributed by atoms with Crippen molar-refractivity contribution in [2.45, 2.75) is 43.9 Å². The average molecular weight is 942 g/mol.